The van der Waals surface area contributed by atoms with E-state index in [1.807, 2.05) is 42.5 Å². The fourth-order valence-electron chi connectivity index (χ4n) is 1.64. The molecule has 1 nitrogen and oxygen atoms in total. The topological polar surface area (TPSA) is 23.8 Å². The predicted octanol–water partition coefficient (Wildman–Crippen LogP) is 3.56. The second kappa shape index (κ2) is 4.59. The van der Waals surface area contributed by atoms with Crippen molar-refractivity contribution >= 4 is 0 Å². The Kier molecular flexibility index (Phi) is 2.98. The van der Waals surface area contributed by atoms with E-state index in [1.54, 1.807) is 0 Å². The number of nitrogens with zero attached hydrogens (tertiary/aromatic N) is 1. The van der Waals surface area contributed by atoms with E-state index in [9.17, 15) is 4.39 Å². The first-order valence-corrected chi connectivity index (χ1v) is 5.01. The number of hydrogen-bond donors (Lipinski definition) is 0. The summed E-state index contributed by atoms with van der Waals surface area (Å²) in [5, 5.41) is 8.60. The number of rotatable bonds is 2. The van der Waals surface area contributed by atoms with Gasteiger partial charge in [-0.2, -0.15) is 5.26 Å². The van der Waals surface area contributed by atoms with E-state index >= 15 is 0 Å². The van der Waals surface area contributed by atoms with Gasteiger partial charge in [-0.05, 0) is 34.9 Å². The quantitative estimate of drug-likeness (QED) is 0.745. The van der Waals surface area contributed by atoms with Gasteiger partial charge in [0.15, 0.2) is 0 Å². The van der Waals surface area contributed by atoms with Crippen molar-refractivity contribution in [1.82, 2.24) is 0 Å². The molecule has 0 fully saturated rings. The van der Waals surface area contributed by atoms with Crippen LogP contribution in [0.4, 0.5) is 4.39 Å². The molecular formula is C14H10FN. The largest absolute Gasteiger partial charge is 0.207 e. The molecule has 2 aromatic carbocycles. The summed E-state index contributed by atoms with van der Waals surface area (Å²) < 4.78 is 13.3. The molecule has 0 atom stereocenters. The van der Waals surface area contributed by atoms with Crippen molar-refractivity contribution in [3.05, 3.63) is 59.9 Å². The van der Waals surface area contributed by atoms with Gasteiger partial charge < -0.3 is 0 Å². The van der Waals surface area contributed by atoms with E-state index in [2.05, 4.69) is 0 Å². The van der Waals surface area contributed by atoms with Crippen molar-refractivity contribution in [2.45, 2.75) is 6.42 Å². The van der Waals surface area contributed by atoms with Crippen LogP contribution in [0.15, 0.2) is 48.5 Å². The molecule has 0 aliphatic rings. The van der Waals surface area contributed by atoms with Gasteiger partial charge in [0.1, 0.15) is 5.82 Å². The van der Waals surface area contributed by atoms with Crippen molar-refractivity contribution in [1.29, 1.82) is 5.26 Å². The first-order chi connectivity index (χ1) is 7.79. The van der Waals surface area contributed by atoms with Gasteiger partial charge in [-0.1, -0.05) is 30.3 Å². The Hall–Kier alpha value is -2.14. The lowest BCUT2D eigenvalue weighted by Gasteiger charge is -2.04. The Morgan fingerprint density at radius 1 is 1.00 bits per heavy atom. The van der Waals surface area contributed by atoms with E-state index in [4.69, 9.17) is 5.26 Å². The number of nitriles is 1. The minimum absolute atomic E-state index is 0.234. The second-order valence-corrected chi connectivity index (χ2v) is 3.55. The maximum absolute atomic E-state index is 13.3. The van der Waals surface area contributed by atoms with Gasteiger partial charge >= 0.3 is 0 Å². The van der Waals surface area contributed by atoms with Crippen molar-refractivity contribution in [2.75, 3.05) is 0 Å². The van der Waals surface area contributed by atoms with Crippen molar-refractivity contribution in [3.8, 4) is 17.2 Å². The van der Waals surface area contributed by atoms with Crippen LogP contribution in [0.1, 0.15) is 5.56 Å². The van der Waals surface area contributed by atoms with Crippen molar-refractivity contribution in [3.63, 3.8) is 0 Å². The third-order valence-corrected chi connectivity index (χ3v) is 2.35. The third kappa shape index (κ3) is 2.26. The van der Waals surface area contributed by atoms with Crippen molar-refractivity contribution < 1.29 is 4.39 Å². The van der Waals surface area contributed by atoms with Gasteiger partial charge in [-0.25, -0.2) is 4.39 Å². The van der Waals surface area contributed by atoms with Crippen LogP contribution < -0.4 is 0 Å². The molecule has 0 aliphatic heterocycles. The summed E-state index contributed by atoms with van der Waals surface area (Å²) >= 11 is 0. The fourth-order valence-corrected chi connectivity index (χ4v) is 1.64. The highest BCUT2D eigenvalue weighted by molar-refractivity contribution is 5.64. The highest BCUT2D eigenvalue weighted by Gasteiger charge is 2.02. The van der Waals surface area contributed by atoms with Crippen LogP contribution in [-0.4, -0.2) is 0 Å². The van der Waals surface area contributed by atoms with Crippen LogP contribution in [0.25, 0.3) is 11.1 Å². The van der Waals surface area contributed by atoms with E-state index in [-0.39, 0.29) is 12.2 Å². The Morgan fingerprint density at radius 2 is 1.75 bits per heavy atom. The van der Waals surface area contributed by atoms with Crippen LogP contribution >= 0.6 is 0 Å². The number of benzene rings is 2. The standard InChI is InChI=1S/C14H10FN/c15-14-9-11(6-7-16)8-13(10-14)12-4-2-1-3-5-12/h1-5,8-10H,6H2. The maximum Gasteiger partial charge on any atom is 0.124 e. The maximum atomic E-state index is 13.3. The Balaban J connectivity index is 2.46. The summed E-state index contributed by atoms with van der Waals surface area (Å²) in [5.41, 5.74) is 2.48. The van der Waals surface area contributed by atoms with Crippen LogP contribution in [0.2, 0.25) is 0 Å². The fraction of sp³-hybridized carbons (Fsp3) is 0.0714. The lowest BCUT2D eigenvalue weighted by atomic mass is 10.0. The molecular weight excluding hydrogens is 201 g/mol. The Morgan fingerprint density at radius 3 is 2.44 bits per heavy atom. The zero-order valence-electron chi connectivity index (χ0n) is 8.65. The van der Waals surface area contributed by atoms with E-state index in [1.165, 1.54) is 12.1 Å². The summed E-state index contributed by atoms with van der Waals surface area (Å²) in [6, 6.07) is 16.3. The third-order valence-electron chi connectivity index (χ3n) is 2.35. The normalized spacial score (nSPS) is 9.75. The molecule has 0 unspecified atom stereocenters. The van der Waals surface area contributed by atoms with E-state index in [0.717, 1.165) is 11.1 Å². The molecule has 0 aliphatic carbocycles. The first-order valence-electron chi connectivity index (χ1n) is 5.01. The van der Waals surface area contributed by atoms with Gasteiger partial charge in [-0.3, -0.25) is 0 Å². The Labute approximate surface area is 93.8 Å². The highest BCUT2D eigenvalue weighted by Crippen LogP contribution is 2.21. The smallest absolute Gasteiger partial charge is 0.124 e. The van der Waals surface area contributed by atoms with Crippen LogP contribution in [0.3, 0.4) is 0 Å². The SMILES string of the molecule is N#CCc1cc(F)cc(-c2ccccc2)c1. The summed E-state index contributed by atoms with van der Waals surface area (Å²) in [4.78, 5) is 0. The van der Waals surface area contributed by atoms with Gasteiger partial charge in [0.2, 0.25) is 0 Å². The molecule has 0 heterocycles. The van der Waals surface area contributed by atoms with Crippen LogP contribution in [0, 0.1) is 17.1 Å². The summed E-state index contributed by atoms with van der Waals surface area (Å²) in [5.74, 6) is -0.299. The number of halogens is 1. The minimum Gasteiger partial charge on any atom is -0.207 e. The zero-order chi connectivity index (χ0) is 11.4. The lowest BCUT2D eigenvalue weighted by Crippen LogP contribution is -1.87. The molecule has 0 amide bonds. The average Bonchev–Trinajstić information content (AvgIpc) is 2.30. The lowest BCUT2D eigenvalue weighted by molar-refractivity contribution is 0.626. The molecule has 0 spiro atoms. The Bertz CT molecular complexity index is 526. The monoisotopic (exact) mass is 211 g/mol. The molecule has 0 saturated heterocycles. The molecule has 0 radical (unpaired) electrons. The number of hydrogen-bond acceptors (Lipinski definition) is 1. The van der Waals surface area contributed by atoms with E-state index in [0.29, 0.717) is 5.56 Å². The molecule has 0 saturated carbocycles. The first kappa shape index (κ1) is 10.4. The molecule has 0 aromatic heterocycles. The van der Waals surface area contributed by atoms with Gasteiger partial charge in [0.05, 0.1) is 12.5 Å². The molecule has 16 heavy (non-hydrogen) atoms. The predicted molar refractivity (Wildman–Crippen MR) is 61.2 cm³/mol. The highest BCUT2D eigenvalue weighted by atomic mass is 19.1. The molecule has 2 heteroatoms. The zero-order valence-corrected chi connectivity index (χ0v) is 8.65. The van der Waals surface area contributed by atoms with Crippen LogP contribution in [-0.2, 0) is 6.42 Å². The van der Waals surface area contributed by atoms with Gasteiger partial charge in [0.25, 0.3) is 0 Å². The van der Waals surface area contributed by atoms with Crippen LogP contribution in [0.5, 0.6) is 0 Å². The second-order valence-electron chi connectivity index (χ2n) is 3.55. The minimum atomic E-state index is -0.299. The molecule has 0 bridgehead atoms. The molecule has 2 aromatic rings. The summed E-state index contributed by atoms with van der Waals surface area (Å²) in [6.07, 6.45) is 0.234. The molecule has 2 rings (SSSR count). The molecule has 78 valence electrons. The van der Waals surface area contributed by atoms with E-state index < -0.39 is 0 Å². The van der Waals surface area contributed by atoms with Gasteiger partial charge in [0, 0.05) is 0 Å². The van der Waals surface area contributed by atoms with Gasteiger partial charge in [-0.15, -0.1) is 0 Å². The van der Waals surface area contributed by atoms with Crippen molar-refractivity contribution in [2.24, 2.45) is 0 Å². The summed E-state index contributed by atoms with van der Waals surface area (Å²) in [7, 11) is 0. The average molecular weight is 211 g/mol. The summed E-state index contributed by atoms with van der Waals surface area (Å²) in [6.45, 7) is 0. The molecule has 0 N–H and O–H groups in total.